The first-order valence-corrected chi connectivity index (χ1v) is 21.9. The van der Waals surface area contributed by atoms with E-state index in [2.05, 4.69) is 21.9 Å². The van der Waals surface area contributed by atoms with E-state index in [1.165, 1.54) is 9.80 Å². The maximum atomic E-state index is 15.2. The van der Waals surface area contributed by atoms with Crippen LogP contribution in [0, 0.1) is 29.6 Å². The number of fused-ring (bicyclic) bond motifs is 4. The Morgan fingerprint density at radius 1 is 1.07 bits per heavy atom. The SMILES string of the molecule is CCOc1ccc2c(O[C@@H]3C[C@H]4C(=O)N[C@]5(C(=O)NS(=O)(=O)C6CC6)C[C@H]5/C=C\CC[C@H](C)C[C@@H](C)[C@H](N(C(=O)O)C5CC6C[C@H]6C5)C(=O)N4C3)nccc2c1. The molecule has 4 aliphatic carbocycles. The number of amides is 4. The first-order chi connectivity index (χ1) is 26.8. The van der Waals surface area contributed by atoms with E-state index in [0.29, 0.717) is 74.0 Å². The summed E-state index contributed by atoms with van der Waals surface area (Å²) in [5.41, 5.74) is -1.52. The van der Waals surface area contributed by atoms with Crippen molar-refractivity contribution < 1.29 is 42.2 Å². The minimum Gasteiger partial charge on any atom is -0.494 e. The molecule has 2 aliphatic heterocycles. The summed E-state index contributed by atoms with van der Waals surface area (Å²) in [5.74, 6) is -0.587. The molecular weight excluding hydrogens is 739 g/mol. The molecular formula is C41H53N5O9S. The summed E-state index contributed by atoms with van der Waals surface area (Å²) >= 11 is 0. The molecule has 10 atom stereocenters. The van der Waals surface area contributed by atoms with Crippen molar-refractivity contribution in [3.8, 4) is 11.6 Å². The highest BCUT2D eigenvalue weighted by molar-refractivity contribution is 7.91. The predicted molar refractivity (Wildman–Crippen MR) is 206 cm³/mol. The van der Waals surface area contributed by atoms with Crippen molar-refractivity contribution in [2.24, 2.45) is 29.6 Å². The molecule has 2 aromatic rings. The van der Waals surface area contributed by atoms with E-state index in [4.69, 9.17) is 9.47 Å². The maximum absolute atomic E-state index is 15.2. The first-order valence-electron chi connectivity index (χ1n) is 20.3. The zero-order valence-corrected chi connectivity index (χ0v) is 33.1. The van der Waals surface area contributed by atoms with Crippen LogP contribution in [0.15, 0.2) is 42.6 Å². The summed E-state index contributed by atoms with van der Waals surface area (Å²) in [6, 6.07) is 4.92. The van der Waals surface area contributed by atoms with E-state index < -0.39 is 68.7 Å². The Morgan fingerprint density at radius 2 is 1.84 bits per heavy atom. The highest BCUT2D eigenvalue weighted by atomic mass is 32.2. The second-order valence-electron chi connectivity index (χ2n) is 17.2. The van der Waals surface area contributed by atoms with Crippen LogP contribution in [0.3, 0.4) is 0 Å². The maximum Gasteiger partial charge on any atom is 0.408 e. The van der Waals surface area contributed by atoms with Crippen LogP contribution >= 0.6 is 0 Å². The van der Waals surface area contributed by atoms with Crippen molar-refractivity contribution in [2.45, 2.75) is 120 Å². The molecule has 1 aromatic carbocycles. The monoisotopic (exact) mass is 791 g/mol. The highest BCUT2D eigenvalue weighted by Gasteiger charge is 2.62. The van der Waals surface area contributed by atoms with Gasteiger partial charge in [0.1, 0.15) is 29.5 Å². The highest BCUT2D eigenvalue weighted by Crippen LogP contribution is 2.54. The molecule has 14 nitrogen and oxygen atoms in total. The van der Waals surface area contributed by atoms with Crippen LogP contribution in [0.1, 0.15) is 85.0 Å². The summed E-state index contributed by atoms with van der Waals surface area (Å²) < 4.78 is 40.3. The van der Waals surface area contributed by atoms with Gasteiger partial charge in [0, 0.05) is 30.0 Å². The molecule has 1 aromatic heterocycles. The van der Waals surface area contributed by atoms with Crippen LogP contribution in [-0.2, 0) is 24.4 Å². The molecule has 15 heteroatoms. The third-order valence-corrected chi connectivity index (χ3v) is 14.8. The average Bonchev–Trinajstić information content (AvgIpc) is 4.11. The lowest BCUT2D eigenvalue weighted by molar-refractivity contribution is -0.145. The van der Waals surface area contributed by atoms with Gasteiger partial charge in [-0.2, -0.15) is 0 Å². The number of hydrogen-bond donors (Lipinski definition) is 3. The van der Waals surface area contributed by atoms with Crippen LogP contribution in [0.5, 0.6) is 11.6 Å². The van der Waals surface area contributed by atoms with Gasteiger partial charge in [-0.15, -0.1) is 0 Å². The lowest BCUT2D eigenvalue weighted by Gasteiger charge is -2.40. The molecule has 302 valence electrons. The van der Waals surface area contributed by atoms with E-state index in [1.807, 2.05) is 50.3 Å². The van der Waals surface area contributed by atoms with Crippen molar-refractivity contribution in [3.05, 3.63) is 42.6 Å². The number of rotatable bonds is 9. The Hall–Kier alpha value is -4.40. The topological polar surface area (TPSA) is 185 Å². The van der Waals surface area contributed by atoms with Crippen LogP contribution < -0.4 is 19.5 Å². The van der Waals surface area contributed by atoms with Crippen molar-refractivity contribution >= 4 is 44.6 Å². The smallest absolute Gasteiger partial charge is 0.408 e. The largest absolute Gasteiger partial charge is 0.494 e. The Balaban J connectivity index is 1.14. The van der Waals surface area contributed by atoms with Gasteiger partial charge in [-0.05, 0) is 118 Å². The molecule has 3 heterocycles. The number of carbonyl (C=O) groups excluding carboxylic acids is 3. The van der Waals surface area contributed by atoms with Gasteiger partial charge in [-0.3, -0.25) is 24.0 Å². The number of ether oxygens (including phenoxy) is 2. The van der Waals surface area contributed by atoms with Crippen LogP contribution in [0.4, 0.5) is 4.79 Å². The first kappa shape index (κ1) is 38.5. The normalized spacial score (nSPS) is 34.8. The summed E-state index contributed by atoms with van der Waals surface area (Å²) in [6.45, 7) is 6.42. The molecule has 5 fully saturated rings. The second-order valence-corrected chi connectivity index (χ2v) is 19.2. The van der Waals surface area contributed by atoms with Crippen LogP contribution in [0.25, 0.3) is 10.8 Å². The lowest BCUT2D eigenvalue weighted by atomic mass is 9.86. The van der Waals surface area contributed by atoms with E-state index in [1.54, 1.807) is 6.20 Å². The van der Waals surface area contributed by atoms with Gasteiger partial charge < -0.3 is 24.8 Å². The van der Waals surface area contributed by atoms with Crippen LogP contribution in [-0.4, -0.2) is 100 Å². The Kier molecular flexibility index (Phi) is 10.2. The molecule has 4 saturated carbocycles. The summed E-state index contributed by atoms with van der Waals surface area (Å²) in [7, 11) is -3.91. The van der Waals surface area contributed by atoms with Gasteiger partial charge in [0.15, 0.2) is 0 Å². The predicted octanol–water partition coefficient (Wildman–Crippen LogP) is 4.62. The minimum absolute atomic E-state index is 0.0211. The van der Waals surface area contributed by atoms with Gasteiger partial charge >= 0.3 is 6.09 Å². The number of pyridine rings is 1. The van der Waals surface area contributed by atoms with Crippen molar-refractivity contribution in [2.75, 3.05) is 13.2 Å². The molecule has 56 heavy (non-hydrogen) atoms. The van der Waals surface area contributed by atoms with E-state index in [-0.39, 0.29) is 37.3 Å². The third kappa shape index (κ3) is 7.55. The fraction of sp³-hybridized carbons (Fsp3) is 0.634. The van der Waals surface area contributed by atoms with Gasteiger partial charge in [-0.25, -0.2) is 18.2 Å². The fourth-order valence-corrected chi connectivity index (χ4v) is 11.1. The van der Waals surface area contributed by atoms with E-state index >= 15 is 4.79 Å². The molecule has 8 rings (SSSR count). The standard InChI is InChI=1S/C41H53N5O9S/c1-4-54-30-9-12-33-25(19-30)13-14-42-37(33)55-31-20-34-36(47)43-41(39(49)44-56(52,53)32-10-11-32)21-28(41)8-6-5-7-23(2)15-24(3)35(38(48)45(34)22-31)46(40(50)51)29-17-26-16-27(26)18-29/h6,8-9,12-14,19,23-24,26-29,31-32,34-35H,4-5,7,10-11,15-18,20-22H2,1-3H3,(H,43,47)(H,44,49)(H,50,51)/b8-6-/t23-,24+,26-,27?,28+,29?,31+,34-,35-,41+/m0/s1. The molecule has 0 radical (unpaired) electrons. The molecule has 6 aliphatic rings. The molecule has 4 amide bonds. The Bertz CT molecular complexity index is 2030. The van der Waals surface area contributed by atoms with E-state index in [9.17, 15) is 27.9 Å². The number of hydrogen-bond acceptors (Lipinski definition) is 9. The number of carbonyl (C=O) groups is 4. The Morgan fingerprint density at radius 3 is 2.55 bits per heavy atom. The van der Waals surface area contributed by atoms with Crippen molar-refractivity contribution in [1.29, 1.82) is 0 Å². The average molecular weight is 792 g/mol. The van der Waals surface area contributed by atoms with Gasteiger partial charge in [-0.1, -0.05) is 26.0 Å². The number of aromatic nitrogens is 1. The quantitative estimate of drug-likeness (QED) is 0.303. The minimum atomic E-state index is -3.91. The number of nitrogens with one attached hydrogen (secondary N) is 2. The van der Waals surface area contributed by atoms with Gasteiger partial charge in [0.2, 0.25) is 27.7 Å². The van der Waals surface area contributed by atoms with E-state index in [0.717, 1.165) is 18.2 Å². The summed E-state index contributed by atoms with van der Waals surface area (Å²) in [4.78, 5) is 64.2. The number of allylic oxidation sites excluding steroid dienone is 1. The zero-order chi connectivity index (χ0) is 39.5. The van der Waals surface area contributed by atoms with Crippen LogP contribution in [0.2, 0.25) is 0 Å². The molecule has 3 N–H and O–H groups in total. The molecule has 2 unspecified atom stereocenters. The fourth-order valence-electron chi connectivity index (χ4n) is 9.72. The van der Waals surface area contributed by atoms with Gasteiger partial charge in [0.05, 0.1) is 18.4 Å². The summed E-state index contributed by atoms with van der Waals surface area (Å²) in [5, 5.41) is 14.6. The molecule has 0 bridgehead atoms. The summed E-state index contributed by atoms with van der Waals surface area (Å²) in [6.07, 6.45) is 9.35. The Labute approximate surface area is 327 Å². The molecule has 1 saturated heterocycles. The number of carboxylic acid groups (broad SMARTS) is 1. The number of sulfonamides is 1. The zero-order valence-electron chi connectivity index (χ0n) is 32.3. The van der Waals surface area contributed by atoms with Gasteiger partial charge in [0.25, 0.3) is 5.91 Å². The second kappa shape index (κ2) is 14.8. The van der Waals surface area contributed by atoms with Crippen molar-refractivity contribution in [1.82, 2.24) is 24.8 Å². The van der Waals surface area contributed by atoms with Crippen molar-refractivity contribution in [3.63, 3.8) is 0 Å². The third-order valence-electron chi connectivity index (χ3n) is 13.0. The molecule has 0 spiro atoms. The number of nitrogens with zero attached hydrogens (tertiary/aromatic N) is 3. The number of benzene rings is 1. The lowest BCUT2D eigenvalue weighted by Crippen LogP contribution is -2.61.